The fraction of sp³-hybridized carbons (Fsp3) is 0.294. The summed E-state index contributed by atoms with van der Waals surface area (Å²) in [6.45, 7) is 4.38. The molecule has 0 amide bonds. The van der Waals surface area contributed by atoms with Gasteiger partial charge in [0, 0.05) is 32.0 Å². The highest BCUT2D eigenvalue weighted by Gasteiger charge is 2.06. The van der Waals surface area contributed by atoms with Gasteiger partial charge in [-0.25, -0.2) is 13.9 Å². The van der Waals surface area contributed by atoms with Crippen LogP contribution in [0.5, 0.6) is 0 Å². The minimum absolute atomic E-state index is 0.201. The number of aryl methyl sites for hydroxylation is 1. The van der Waals surface area contributed by atoms with Gasteiger partial charge in [0.2, 0.25) is 0 Å². The number of nitrogens with one attached hydrogen (secondary N) is 1. The summed E-state index contributed by atoms with van der Waals surface area (Å²) < 4.78 is 14.7. The molecule has 0 aliphatic carbocycles. The summed E-state index contributed by atoms with van der Waals surface area (Å²) in [5, 5.41) is 7.73. The fourth-order valence-electron chi connectivity index (χ4n) is 2.53. The highest BCUT2D eigenvalue weighted by molar-refractivity contribution is 5.67. The Balaban J connectivity index is 1.55. The standard InChI is InChI=1S/C17H20FN5/c1-13-11-16-17(20-8-10-23(16)21-13)19-7-9-22(2)12-14-3-5-15(18)6-4-14/h3-6,8,10-11H,7,9,12H2,1-2H3,(H,19,20). The topological polar surface area (TPSA) is 45.5 Å². The van der Waals surface area contributed by atoms with Gasteiger partial charge >= 0.3 is 0 Å². The molecule has 0 unspecified atom stereocenters. The lowest BCUT2D eigenvalue weighted by molar-refractivity contribution is 0.339. The van der Waals surface area contributed by atoms with Crippen molar-refractivity contribution in [2.24, 2.45) is 0 Å². The molecule has 120 valence electrons. The minimum Gasteiger partial charge on any atom is -0.367 e. The van der Waals surface area contributed by atoms with E-state index < -0.39 is 0 Å². The van der Waals surface area contributed by atoms with Gasteiger partial charge in [-0.1, -0.05) is 12.1 Å². The van der Waals surface area contributed by atoms with E-state index in [0.29, 0.717) is 0 Å². The van der Waals surface area contributed by atoms with Crippen LogP contribution in [0, 0.1) is 12.7 Å². The third-order valence-corrected chi connectivity index (χ3v) is 3.66. The van der Waals surface area contributed by atoms with Gasteiger partial charge in [0.25, 0.3) is 0 Å². The van der Waals surface area contributed by atoms with Gasteiger partial charge in [0.15, 0.2) is 5.82 Å². The zero-order valence-corrected chi connectivity index (χ0v) is 13.3. The predicted molar refractivity (Wildman–Crippen MR) is 88.9 cm³/mol. The molecule has 1 aromatic carbocycles. The van der Waals surface area contributed by atoms with E-state index in [-0.39, 0.29) is 5.82 Å². The van der Waals surface area contributed by atoms with Crippen LogP contribution in [0.2, 0.25) is 0 Å². The van der Waals surface area contributed by atoms with Crippen molar-refractivity contribution in [1.82, 2.24) is 19.5 Å². The third kappa shape index (κ3) is 3.84. The van der Waals surface area contributed by atoms with Gasteiger partial charge in [-0.15, -0.1) is 0 Å². The van der Waals surface area contributed by atoms with E-state index in [0.717, 1.165) is 42.2 Å². The molecule has 0 saturated heterocycles. The molecule has 6 heteroatoms. The largest absolute Gasteiger partial charge is 0.367 e. The number of likely N-dealkylation sites (N-methyl/N-ethyl adjacent to an activating group) is 1. The molecule has 1 N–H and O–H groups in total. The molecule has 3 aromatic rings. The second kappa shape index (κ2) is 6.75. The number of hydrogen-bond donors (Lipinski definition) is 1. The van der Waals surface area contributed by atoms with E-state index in [1.54, 1.807) is 6.20 Å². The van der Waals surface area contributed by atoms with E-state index in [2.05, 4.69) is 20.3 Å². The first kappa shape index (κ1) is 15.4. The van der Waals surface area contributed by atoms with Crippen molar-refractivity contribution >= 4 is 11.3 Å². The first-order valence-corrected chi connectivity index (χ1v) is 7.60. The van der Waals surface area contributed by atoms with Crippen LogP contribution in [0.15, 0.2) is 42.7 Å². The van der Waals surface area contributed by atoms with E-state index >= 15 is 0 Å². The summed E-state index contributed by atoms with van der Waals surface area (Å²) >= 11 is 0. The fourth-order valence-corrected chi connectivity index (χ4v) is 2.53. The molecule has 0 bridgehead atoms. The van der Waals surface area contributed by atoms with Crippen molar-refractivity contribution in [2.75, 3.05) is 25.5 Å². The van der Waals surface area contributed by atoms with E-state index in [1.807, 2.05) is 42.9 Å². The van der Waals surface area contributed by atoms with Gasteiger partial charge in [-0.2, -0.15) is 5.10 Å². The van der Waals surface area contributed by atoms with Gasteiger partial charge in [0.1, 0.15) is 11.3 Å². The molecular weight excluding hydrogens is 293 g/mol. The van der Waals surface area contributed by atoms with Crippen molar-refractivity contribution in [1.29, 1.82) is 0 Å². The molecule has 0 aliphatic heterocycles. The molecule has 0 spiro atoms. The highest BCUT2D eigenvalue weighted by atomic mass is 19.1. The average molecular weight is 313 g/mol. The molecule has 0 atom stereocenters. The Kier molecular flexibility index (Phi) is 4.52. The molecule has 2 aromatic heterocycles. The van der Waals surface area contributed by atoms with Crippen LogP contribution in [0.1, 0.15) is 11.3 Å². The SMILES string of the molecule is Cc1cc2c(NCCN(C)Cc3ccc(F)cc3)nccn2n1. The van der Waals surface area contributed by atoms with Crippen molar-refractivity contribution in [3.05, 3.63) is 59.8 Å². The monoisotopic (exact) mass is 313 g/mol. The lowest BCUT2D eigenvalue weighted by Crippen LogP contribution is -2.25. The average Bonchev–Trinajstić information content (AvgIpc) is 2.91. The van der Waals surface area contributed by atoms with Crippen LogP contribution >= 0.6 is 0 Å². The molecule has 3 rings (SSSR count). The first-order chi connectivity index (χ1) is 11.1. The number of rotatable bonds is 6. The maximum Gasteiger partial charge on any atom is 0.152 e. The molecule has 0 saturated carbocycles. The Hall–Kier alpha value is -2.47. The summed E-state index contributed by atoms with van der Waals surface area (Å²) in [6.07, 6.45) is 3.58. The number of hydrogen-bond acceptors (Lipinski definition) is 4. The van der Waals surface area contributed by atoms with Crippen LogP contribution in [-0.2, 0) is 6.54 Å². The van der Waals surface area contributed by atoms with Crippen LogP contribution in [0.4, 0.5) is 10.2 Å². The van der Waals surface area contributed by atoms with E-state index in [4.69, 9.17) is 0 Å². The van der Waals surface area contributed by atoms with Gasteiger partial charge < -0.3 is 10.2 Å². The van der Waals surface area contributed by atoms with Crippen LogP contribution in [0.25, 0.3) is 5.52 Å². The number of aromatic nitrogens is 3. The Morgan fingerprint density at radius 3 is 2.83 bits per heavy atom. The van der Waals surface area contributed by atoms with E-state index in [9.17, 15) is 4.39 Å². The molecule has 2 heterocycles. The lowest BCUT2D eigenvalue weighted by atomic mass is 10.2. The normalized spacial score (nSPS) is 11.3. The lowest BCUT2D eigenvalue weighted by Gasteiger charge is -2.17. The smallest absolute Gasteiger partial charge is 0.152 e. The second-order valence-corrected chi connectivity index (χ2v) is 5.68. The Morgan fingerprint density at radius 1 is 1.26 bits per heavy atom. The second-order valence-electron chi connectivity index (χ2n) is 5.68. The first-order valence-electron chi connectivity index (χ1n) is 7.60. The number of halogens is 1. The van der Waals surface area contributed by atoms with Crippen molar-refractivity contribution in [3.8, 4) is 0 Å². The van der Waals surface area contributed by atoms with Gasteiger partial charge in [0.05, 0.1) is 5.69 Å². The molecule has 0 aliphatic rings. The summed E-state index contributed by atoms with van der Waals surface area (Å²) in [5.41, 5.74) is 3.04. The van der Waals surface area contributed by atoms with Crippen molar-refractivity contribution in [3.63, 3.8) is 0 Å². The molecule has 5 nitrogen and oxygen atoms in total. The number of nitrogens with zero attached hydrogens (tertiary/aromatic N) is 4. The van der Waals surface area contributed by atoms with Gasteiger partial charge in [-0.3, -0.25) is 0 Å². The highest BCUT2D eigenvalue weighted by Crippen LogP contribution is 2.14. The van der Waals surface area contributed by atoms with Crippen LogP contribution in [-0.4, -0.2) is 39.6 Å². The summed E-state index contributed by atoms with van der Waals surface area (Å²) in [7, 11) is 2.04. The van der Waals surface area contributed by atoms with Crippen molar-refractivity contribution < 1.29 is 4.39 Å². The maximum atomic E-state index is 12.9. The third-order valence-electron chi connectivity index (χ3n) is 3.66. The number of fused-ring (bicyclic) bond motifs is 1. The zero-order valence-electron chi connectivity index (χ0n) is 13.3. The Labute approximate surface area is 134 Å². The quantitative estimate of drug-likeness (QED) is 0.760. The summed E-state index contributed by atoms with van der Waals surface area (Å²) in [6, 6.07) is 8.63. The number of benzene rings is 1. The number of anilines is 1. The van der Waals surface area contributed by atoms with Crippen LogP contribution in [0.3, 0.4) is 0 Å². The van der Waals surface area contributed by atoms with Crippen molar-refractivity contribution in [2.45, 2.75) is 13.5 Å². The molecule has 0 fully saturated rings. The summed E-state index contributed by atoms with van der Waals surface area (Å²) in [5.74, 6) is 0.636. The minimum atomic E-state index is -0.201. The predicted octanol–water partition coefficient (Wildman–Crippen LogP) is 2.72. The Bertz CT molecular complexity index is 781. The maximum absolute atomic E-state index is 12.9. The molecule has 0 radical (unpaired) electrons. The Morgan fingerprint density at radius 2 is 2.04 bits per heavy atom. The van der Waals surface area contributed by atoms with Crippen LogP contribution < -0.4 is 5.32 Å². The summed E-state index contributed by atoms with van der Waals surface area (Å²) in [4.78, 5) is 6.56. The molecule has 23 heavy (non-hydrogen) atoms. The zero-order chi connectivity index (χ0) is 16.2. The van der Waals surface area contributed by atoms with E-state index in [1.165, 1.54) is 12.1 Å². The molecular formula is C17H20FN5. The van der Waals surface area contributed by atoms with Gasteiger partial charge in [-0.05, 0) is 37.7 Å².